The minimum Gasteiger partial charge on any atom is -0.467 e. The summed E-state index contributed by atoms with van der Waals surface area (Å²) in [4.78, 5) is 13.7. The van der Waals surface area contributed by atoms with Gasteiger partial charge >= 0.3 is 0 Å². The van der Waals surface area contributed by atoms with Gasteiger partial charge in [-0.1, -0.05) is 24.3 Å². The summed E-state index contributed by atoms with van der Waals surface area (Å²) in [5, 5.41) is 0. The van der Waals surface area contributed by atoms with Crippen molar-refractivity contribution in [2.75, 3.05) is 4.90 Å². The molecule has 1 heterocycles. The molecule has 1 aromatic carbocycles. The van der Waals surface area contributed by atoms with Gasteiger partial charge < -0.3 is 9.32 Å². The molecule has 0 N–H and O–H groups in total. The smallest absolute Gasteiger partial charge is 0.224 e. The van der Waals surface area contributed by atoms with Gasteiger partial charge in [-0.15, -0.1) is 6.58 Å². The van der Waals surface area contributed by atoms with Crippen LogP contribution in [0.2, 0.25) is 0 Å². The van der Waals surface area contributed by atoms with Crippen molar-refractivity contribution in [2.45, 2.75) is 19.4 Å². The number of para-hydroxylation sites is 1. The predicted octanol–water partition coefficient (Wildman–Crippen LogP) is 3.95. The number of hydrogen-bond acceptors (Lipinski definition) is 2. The summed E-state index contributed by atoms with van der Waals surface area (Å²) < 4.78 is 5.46. The van der Waals surface area contributed by atoms with E-state index >= 15 is 0 Å². The minimum atomic E-state index is -0.160. The van der Waals surface area contributed by atoms with Gasteiger partial charge in [-0.2, -0.15) is 0 Å². The molecule has 1 unspecified atom stereocenters. The molecule has 1 aromatic heterocycles. The summed E-state index contributed by atoms with van der Waals surface area (Å²) in [5.41, 5.74) is 0.859. The first-order chi connectivity index (χ1) is 9.24. The molecule has 0 aliphatic heterocycles. The van der Waals surface area contributed by atoms with Gasteiger partial charge in [0.25, 0.3) is 0 Å². The number of anilines is 1. The van der Waals surface area contributed by atoms with Gasteiger partial charge in [-0.25, -0.2) is 0 Å². The summed E-state index contributed by atoms with van der Waals surface area (Å²) in [6, 6.07) is 13.1. The Morgan fingerprint density at radius 3 is 2.58 bits per heavy atom. The van der Waals surface area contributed by atoms with Gasteiger partial charge in [0.2, 0.25) is 5.91 Å². The zero-order valence-corrected chi connectivity index (χ0v) is 11.0. The van der Waals surface area contributed by atoms with Crippen LogP contribution in [0.15, 0.2) is 65.8 Å². The first-order valence-electron chi connectivity index (χ1n) is 6.23. The summed E-state index contributed by atoms with van der Waals surface area (Å²) in [6.07, 6.45) is 4.06. The molecule has 3 heteroatoms. The Labute approximate surface area is 113 Å². The molecule has 0 saturated heterocycles. The van der Waals surface area contributed by atoms with Crippen molar-refractivity contribution in [1.82, 2.24) is 0 Å². The molecule has 0 saturated carbocycles. The fraction of sp³-hybridized carbons (Fsp3) is 0.188. The van der Waals surface area contributed by atoms with Gasteiger partial charge in [-0.3, -0.25) is 4.79 Å². The molecule has 0 radical (unpaired) electrons. The quantitative estimate of drug-likeness (QED) is 0.758. The lowest BCUT2D eigenvalue weighted by molar-refractivity contribution is -0.117. The molecule has 0 fully saturated rings. The highest BCUT2D eigenvalue weighted by atomic mass is 16.3. The van der Waals surface area contributed by atoms with E-state index in [1.54, 1.807) is 24.2 Å². The summed E-state index contributed by atoms with van der Waals surface area (Å²) in [5.74, 6) is 0.744. The summed E-state index contributed by atoms with van der Waals surface area (Å²) in [6.45, 7) is 5.33. The van der Waals surface area contributed by atoms with Crippen LogP contribution in [0.4, 0.5) is 5.69 Å². The largest absolute Gasteiger partial charge is 0.467 e. The average molecular weight is 255 g/mol. The fourth-order valence-electron chi connectivity index (χ4n) is 2.16. The minimum absolute atomic E-state index is 0.0190. The Morgan fingerprint density at radius 2 is 2.05 bits per heavy atom. The van der Waals surface area contributed by atoms with Crippen molar-refractivity contribution < 1.29 is 9.21 Å². The van der Waals surface area contributed by atoms with Gasteiger partial charge in [0.15, 0.2) is 0 Å². The highest BCUT2D eigenvalue weighted by Gasteiger charge is 2.25. The number of hydrogen-bond donors (Lipinski definition) is 0. The van der Waals surface area contributed by atoms with E-state index in [0.29, 0.717) is 6.42 Å². The first kappa shape index (κ1) is 13.1. The van der Waals surface area contributed by atoms with Crippen LogP contribution in [0.5, 0.6) is 0 Å². The van der Waals surface area contributed by atoms with Crippen LogP contribution >= 0.6 is 0 Å². The highest BCUT2D eigenvalue weighted by molar-refractivity contribution is 5.92. The predicted molar refractivity (Wildman–Crippen MR) is 75.9 cm³/mol. The number of amides is 1. The lowest BCUT2D eigenvalue weighted by atomic mass is 10.1. The zero-order chi connectivity index (χ0) is 13.7. The number of nitrogens with zero attached hydrogens (tertiary/aromatic N) is 1. The third-order valence-corrected chi connectivity index (χ3v) is 2.95. The average Bonchev–Trinajstić information content (AvgIpc) is 2.93. The van der Waals surface area contributed by atoms with Crippen LogP contribution in [-0.2, 0) is 4.79 Å². The maximum absolute atomic E-state index is 12.0. The third-order valence-electron chi connectivity index (χ3n) is 2.95. The highest BCUT2D eigenvalue weighted by Crippen LogP contribution is 2.30. The van der Waals surface area contributed by atoms with Crippen LogP contribution < -0.4 is 4.90 Å². The van der Waals surface area contributed by atoms with E-state index in [1.165, 1.54) is 0 Å². The van der Waals surface area contributed by atoms with Crippen molar-refractivity contribution in [1.29, 1.82) is 0 Å². The van der Waals surface area contributed by atoms with E-state index in [2.05, 4.69) is 6.58 Å². The Morgan fingerprint density at radius 1 is 1.32 bits per heavy atom. The molecular formula is C16H17NO2. The van der Waals surface area contributed by atoms with Crippen LogP contribution in [0.3, 0.4) is 0 Å². The second-order valence-corrected chi connectivity index (χ2v) is 4.28. The van der Waals surface area contributed by atoms with Gasteiger partial charge in [0.05, 0.1) is 12.3 Å². The molecule has 0 spiro atoms. The zero-order valence-electron chi connectivity index (χ0n) is 11.0. The van der Waals surface area contributed by atoms with Crippen molar-refractivity contribution in [2.24, 2.45) is 0 Å². The molecule has 3 nitrogen and oxygen atoms in total. The SMILES string of the molecule is C=CCC(c1ccco1)N(C(C)=O)c1ccccc1. The van der Waals surface area contributed by atoms with E-state index in [9.17, 15) is 4.79 Å². The van der Waals surface area contributed by atoms with E-state index in [4.69, 9.17) is 4.42 Å². The Bertz CT molecular complexity index is 531. The normalized spacial score (nSPS) is 11.8. The molecule has 2 rings (SSSR count). The van der Waals surface area contributed by atoms with E-state index in [0.717, 1.165) is 11.4 Å². The lowest BCUT2D eigenvalue weighted by Crippen LogP contribution is -2.32. The molecule has 1 atom stereocenters. The maximum atomic E-state index is 12.0. The van der Waals surface area contributed by atoms with E-state index in [1.807, 2.05) is 42.5 Å². The van der Waals surface area contributed by atoms with Crippen LogP contribution in [0.25, 0.3) is 0 Å². The Kier molecular flexibility index (Phi) is 4.18. The van der Waals surface area contributed by atoms with Crippen LogP contribution in [0, 0.1) is 0 Å². The number of benzene rings is 1. The second-order valence-electron chi connectivity index (χ2n) is 4.28. The standard InChI is InChI=1S/C16H17NO2/c1-3-8-15(16-11-7-12-19-16)17(13(2)18)14-9-5-4-6-10-14/h3-7,9-12,15H,1,8H2,2H3. The van der Waals surface area contributed by atoms with Gasteiger partial charge in [0.1, 0.15) is 5.76 Å². The van der Waals surface area contributed by atoms with E-state index < -0.39 is 0 Å². The number of furan rings is 1. The van der Waals surface area contributed by atoms with Crippen molar-refractivity contribution >= 4 is 11.6 Å². The Hall–Kier alpha value is -2.29. The number of rotatable bonds is 5. The molecule has 1 amide bonds. The van der Waals surface area contributed by atoms with Gasteiger partial charge in [-0.05, 0) is 30.7 Å². The molecule has 0 aliphatic carbocycles. The van der Waals surface area contributed by atoms with Gasteiger partial charge in [0, 0.05) is 12.6 Å². The molecular weight excluding hydrogens is 238 g/mol. The maximum Gasteiger partial charge on any atom is 0.224 e. The van der Waals surface area contributed by atoms with Crippen molar-refractivity contribution in [3.63, 3.8) is 0 Å². The van der Waals surface area contributed by atoms with Crippen molar-refractivity contribution in [3.05, 3.63) is 67.1 Å². The van der Waals surface area contributed by atoms with Crippen LogP contribution in [-0.4, -0.2) is 5.91 Å². The Balaban J connectivity index is 2.41. The third kappa shape index (κ3) is 2.94. The topological polar surface area (TPSA) is 33.5 Å². The molecule has 98 valence electrons. The summed E-state index contributed by atoms with van der Waals surface area (Å²) in [7, 11) is 0. The fourth-order valence-corrected chi connectivity index (χ4v) is 2.16. The van der Waals surface area contributed by atoms with Crippen LogP contribution in [0.1, 0.15) is 25.1 Å². The first-order valence-corrected chi connectivity index (χ1v) is 6.23. The molecule has 2 aromatic rings. The summed E-state index contributed by atoms with van der Waals surface area (Å²) >= 11 is 0. The van der Waals surface area contributed by atoms with E-state index in [-0.39, 0.29) is 11.9 Å². The molecule has 0 aliphatic rings. The lowest BCUT2D eigenvalue weighted by Gasteiger charge is -2.29. The monoisotopic (exact) mass is 255 g/mol. The second kappa shape index (κ2) is 6.05. The molecule has 19 heavy (non-hydrogen) atoms. The molecule has 0 bridgehead atoms. The number of carbonyl (C=O) groups is 1. The number of carbonyl (C=O) groups excluding carboxylic acids is 1. The van der Waals surface area contributed by atoms with Crippen molar-refractivity contribution in [3.8, 4) is 0 Å².